The number of thiazole rings is 1. The minimum atomic E-state index is -0.329. The van der Waals surface area contributed by atoms with E-state index in [-0.39, 0.29) is 11.8 Å². The van der Waals surface area contributed by atoms with Gasteiger partial charge in [0.05, 0.1) is 16.0 Å². The molecule has 2 aromatic carbocycles. The molecule has 5 nitrogen and oxygen atoms in total. The van der Waals surface area contributed by atoms with Crippen LogP contribution in [-0.2, 0) is 10.5 Å². The van der Waals surface area contributed by atoms with E-state index in [4.69, 9.17) is 0 Å². The number of benzene rings is 2. The van der Waals surface area contributed by atoms with Crippen molar-refractivity contribution in [3.05, 3.63) is 59.7 Å². The first-order chi connectivity index (χ1) is 12.7. The summed E-state index contributed by atoms with van der Waals surface area (Å²) in [7, 11) is 0. The van der Waals surface area contributed by atoms with E-state index >= 15 is 0 Å². The van der Waals surface area contributed by atoms with Gasteiger partial charge < -0.3 is 0 Å². The number of nitrogens with zero attached hydrogens (tertiary/aromatic N) is 1. The van der Waals surface area contributed by atoms with Gasteiger partial charge in [-0.2, -0.15) is 11.8 Å². The number of carbonyl (C=O) groups is 2. The van der Waals surface area contributed by atoms with Crippen LogP contribution in [0.5, 0.6) is 0 Å². The summed E-state index contributed by atoms with van der Waals surface area (Å²) < 4.78 is 2.22. The Kier molecular flexibility index (Phi) is 6.54. The van der Waals surface area contributed by atoms with Crippen LogP contribution in [0.4, 0.5) is 0 Å². The first-order valence-electron chi connectivity index (χ1n) is 7.81. The number of hydrazine groups is 1. The molecule has 0 saturated carbocycles. The van der Waals surface area contributed by atoms with Crippen molar-refractivity contribution < 1.29 is 9.59 Å². The van der Waals surface area contributed by atoms with Crippen LogP contribution >= 0.6 is 34.9 Å². The number of carbonyl (C=O) groups excluding carboxylic acids is 2. The molecule has 0 fully saturated rings. The van der Waals surface area contributed by atoms with Crippen molar-refractivity contribution >= 4 is 56.9 Å². The Bertz CT molecular complexity index is 876. The third kappa shape index (κ3) is 5.00. The number of amides is 2. The lowest BCUT2D eigenvalue weighted by Crippen LogP contribution is -2.42. The van der Waals surface area contributed by atoms with Crippen molar-refractivity contribution in [2.24, 2.45) is 0 Å². The van der Waals surface area contributed by atoms with E-state index in [1.165, 1.54) is 16.5 Å². The molecular weight excluding hydrogens is 386 g/mol. The second-order valence-corrected chi connectivity index (χ2v) is 8.49. The minimum absolute atomic E-state index is 0.227. The number of thioether (sulfide) groups is 2. The van der Waals surface area contributed by atoms with E-state index in [0.29, 0.717) is 11.3 Å². The molecule has 0 spiro atoms. The molecule has 0 aliphatic rings. The molecule has 0 unspecified atom stereocenters. The van der Waals surface area contributed by atoms with Crippen LogP contribution in [0.15, 0.2) is 52.9 Å². The summed E-state index contributed by atoms with van der Waals surface area (Å²) in [5.41, 5.74) is 7.43. The number of fused-ring (bicyclic) bond motifs is 1. The molecule has 134 valence electrons. The summed E-state index contributed by atoms with van der Waals surface area (Å²) in [5.74, 6) is 0.536. The van der Waals surface area contributed by atoms with Gasteiger partial charge in [-0.3, -0.25) is 20.4 Å². The molecule has 3 aromatic rings. The lowest BCUT2D eigenvalue weighted by molar-refractivity contribution is -0.119. The lowest BCUT2D eigenvalue weighted by Gasteiger charge is -2.07. The van der Waals surface area contributed by atoms with E-state index in [9.17, 15) is 9.59 Å². The number of hydrogen-bond donors (Lipinski definition) is 2. The van der Waals surface area contributed by atoms with Crippen LogP contribution in [0.3, 0.4) is 0 Å². The molecule has 3 rings (SSSR count). The van der Waals surface area contributed by atoms with Gasteiger partial charge in [-0.1, -0.05) is 36.0 Å². The summed E-state index contributed by atoms with van der Waals surface area (Å²) >= 11 is 4.76. The summed E-state index contributed by atoms with van der Waals surface area (Å²) in [6.07, 6.45) is 1.83. The molecule has 26 heavy (non-hydrogen) atoms. The van der Waals surface area contributed by atoms with Crippen molar-refractivity contribution in [3.8, 4) is 0 Å². The maximum Gasteiger partial charge on any atom is 0.269 e. The predicted molar refractivity (Wildman–Crippen MR) is 110 cm³/mol. The quantitative estimate of drug-likeness (QED) is 0.485. The zero-order valence-corrected chi connectivity index (χ0v) is 16.5. The molecule has 0 atom stereocenters. The summed E-state index contributed by atoms with van der Waals surface area (Å²) in [6, 6.07) is 15.4. The minimum Gasteiger partial charge on any atom is -0.272 e. The highest BCUT2D eigenvalue weighted by Crippen LogP contribution is 2.31. The van der Waals surface area contributed by atoms with E-state index in [2.05, 4.69) is 21.9 Å². The molecule has 2 amide bonds. The van der Waals surface area contributed by atoms with E-state index in [1.54, 1.807) is 35.2 Å². The Hall–Kier alpha value is -2.03. The number of nitrogens with one attached hydrogen (secondary N) is 2. The highest BCUT2D eigenvalue weighted by Gasteiger charge is 2.08. The van der Waals surface area contributed by atoms with Gasteiger partial charge in [0.25, 0.3) is 5.91 Å². The van der Waals surface area contributed by atoms with Crippen molar-refractivity contribution in [2.45, 2.75) is 10.1 Å². The van der Waals surface area contributed by atoms with Gasteiger partial charge in [-0.25, -0.2) is 4.98 Å². The lowest BCUT2D eigenvalue weighted by atomic mass is 10.1. The van der Waals surface area contributed by atoms with Gasteiger partial charge in [-0.15, -0.1) is 11.3 Å². The van der Waals surface area contributed by atoms with Crippen LogP contribution in [-0.4, -0.2) is 28.8 Å². The number of aromatic nitrogens is 1. The molecule has 2 N–H and O–H groups in total. The molecule has 0 aliphatic heterocycles. The number of rotatable bonds is 6. The van der Waals surface area contributed by atoms with E-state index in [0.717, 1.165) is 21.2 Å². The standard InChI is InChI=1S/C18H17N3O2S3/c1-24-11-16(22)20-21-17(23)13-8-6-12(7-9-13)10-25-18-19-14-4-2-3-5-15(14)26-18/h2-9H,10-11H2,1H3,(H,20,22)(H,21,23). The Morgan fingerprint density at radius 3 is 2.58 bits per heavy atom. The number of hydrogen-bond acceptors (Lipinski definition) is 6. The highest BCUT2D eigenvalue weighted by atomic mass is 32.2. The van der Waals surface area contributed by atoms with E-state index in [1.807, 2.05) is 36.6 Å². The highest BCUT2D eigenvalue weighted by molar-refractivity contribution is 8.00. The second-order valence-electron chi connectivity index (χ2n) is 5.37. The molecular formula is C18H17N3O2S3. The van der Waals surface area contributed by atoms with Crippen molar-refractivity contribution in [1.82, 2.24) is 15.8 Å². The molecule has 0 aliphatic carbocycles. The van der Waals surface area contributed by atoms with Gasteiger partial charge in [0.1, 0.15) is 0 Å². The molecule has 8 heteroatoms. The maximum absolute atomic E-state index is 12.0. The van der Waals surface area contributed by atoms with Gasteiger partial charge in [0.15, 0.2) is 4.34 Å². The predicted octanol–water partition coefficient (Wildman–Crippen LogP) is 3.71. The number of para-hydroxylation sites is 1. The van der Waals surface area contributed by atoms with Crippen LogP contribution in [0.2, 0.25) is 0 Å². The molecule has 1 heterocycles. The van der Waals surface area contributed by atoms with Gasteiger partial charge >= 0.3 is 0 Å². The van der Waals surface area contributed by atoms with Crippen LogP contribution in [0, 0.1) is 0 Å². The Morgan fingerprint density at radius 1 is 1.08 bits per heavy atom. The van der Waals surface area contributed by atoms with Crippen LogP contribution in [0.1, 0.15) is 15.9 Å². The molecule has 1 aromatic heterocycles. The van der Waals surface area contributed by atoms with Gasteiger partial charge in [-0.05, 0) is 36.1 Å². The molecule has 0 saturated heterocycles. The van der Waals surface area contributed by atoms with Crippen molar-refractivity contribution in [3.63, 3.8) is 0 Å². The smallest absolute Gasteiger partial charge is 0.269 e. The average molecular weight is 404 g/mol. The van der Waals surface area contributed by atoms with E-state index < -0.39 is 0 Å². The Labute approximate surface area is 163 Å². The molecule has 0 bridgehead atoms. The fourth-order valence-corrected chi connectivity index (χ4v) is 4.53. The van der Waals surface area contributed by atoms with Gasteiger partial charge in [0.2, 0.25) is 5.91 Å². The average Bonchev–Trinajstić information content (AvgIpc) is 3.08. The SMILES string of the molecule is CSCC(=O)NNC(=O)c1ccc(CSc2nc3ccccc3s2)cc1. The fourth-order valence-electron chi connectivity index (χ4n) is 2.18. The normalized spacial score (nSPS) is 10.7. The first kappa shape index (κ1) is 18.8. The zero-order chi connectivity index (χ0) is 18.4. The zero-order valence-electron chi connectivity index (χ0n) is 14.0. The summed E-state index contributed by atoms with van der Waals surface area (Å²) in [5, 5.41) is 0. The summed E-state index contributed by atoms with van der Waals surface area (Å²) in [6.45, 7) is 0. The topological polar surface area (TPSA) is 71.1 Å². The van der Waals surface area contributed by atoms with Crippen LogP contribution in [0.25, 0.3) is 10.2 Å². The monoisotopic (exact) mass is 403 g/mol. The van der Waals surface area contributed by atoms with Crippen molar-refractivity contribution in [1.29, 1.82) is 0 Å². The Morgan fingerprint density at radius 2 is 1.85 bits per heavy atom. The summed E-state index contributed by atoms with van der Waals surface area (Å²) in [4.78, 5) is 28.0. The first-order valence-corrected chi connectivity index (χ1v) is 11.0. The Balaban J connectivity index is 1.53. The largest absolute Gasteiger partial charge is 0.272 e. The molecule has 0 radical (unpaired) electrons. The second kappa shape index (κ2) is 9.07. The van der Waals surface area contributed by atoms with Crippen LogP contribution < -0.4 is 10.9 Å². The van der Waals surface area contributed by atoms with Crippen molar-refractivity contribution in [2.75, 3.05) is 12.0 Å². The van der Waals surface area contributed by atoms with Gasteiger partial charge in [0, 0.05) is 11.3 Å². The third-order valence-electron chi connectivity index (χ3n) is 3.44. The third-order valence-corrected chi connectivity index (χ3v) is 6.24. The fraction of sp³-hybridized carbons (Fsp3) is 0.167. The maximum atomic E-state index is 12.0.